The van der Waals surface area contributed by atoms with Crippen molar-refractivity contribution in [3.8, 4) is 0 Å². The summed E-state index contributed by atoms with van der Waals surface area (Å²) < 4.78 is 4.26. The summed E-state index contributed by atoms with van der Waals surface area (Å²) in [6.07, 6.45) is 8.95. The van der Waals surface area contributed by atoms with E-state index in [9.17, 15) is 0 Å². The molecule has 148 valence electrons. The molecular formula is C20H33N7. The first-order valence-corrected chi connectivity index (χ1v) is 10.1. The van der Waals surface area contributed by atoms with Gasteiger partial charge in [-0.15, -0.1) is 0 Å². The van der Waals surface area contributed by atoms with Gasteiger partial charge in [0.25, 0.3) is 0 Å². The van der Waals surface area contributed by atoms with E-state index in [-0.39, 0.29) is 0 Å². The predicted molar refractivity (Wildman–Crippen MR) is 109 cm³/mol. The largest absolute Gasteiger partial charge is 0.352 e. The number of aliphatic imine (C=N–C) groups is 1. The maximum atomic E-state index is 4.68. The second-order valence-electron chi connectivity index (χ2n) is 7.39. The summed E-state index contributed by atoms with van der Waals surface area (Å²) in [4.78, 5) is 11.2. The van der Waals surface area contributed by atoms with Crippen LogP contribution in [0.1, 0.15) is 50.2 Å². The summed E-state index contributed by atoms with van der Waals surface area (Å²) in [5, 5.41) is 8.28. The van der Waals surface area contributed by atoms with Crippen LogP contribution in [0, 0.1) is 5.92 Å². The highest BCUT2D eigenvalue weighted by Crippen LogP contribution is 2.27. The van der Waals surface area contributed by atoms with Crippen LogP contribution >= 0.6 is 0 Å². The lowest BCUT2D eigenvalue weighted by Crippen LogP contribution is -2.48. The van der Waals surface area contributed by atoms with Crippen LogP contribution in [0.15, 0.2) is 23.7 Å². The number of aryl methyl sites for hydroxylation is 2. The maximum absolute atomic E-state index is 4.68. The molecular weight excluding hydrogens is 338 g/mol. The fourth-order valence-electron chi connectivity index (χ4n) is 4.19. The number of aromatic nitrogens is 4. The van der Waals surface area contributed by atoms with Gasteiger partial charge in [0.05, 0.1) is 18.1 Å². The van der Waals surface area contributed by atoms with Crippen molar-refractivity contribution in [2.24, 2.45) is 18.0 Å². The highest BCUT2D eigenvalue weighted by atomic mass is 15.3. The fourth-order valence-corrected chi connectivity index (χ4v) is 4.19. The number of imidazole rings is 1. The van der Waals surface area contributed by atoms with Gasteiger partial charge in [0.2, 0.25) is 0 Å². The van der Waals surface area contributed by atoms with Gasteiger partial charge in [-0.2, -0.15) is 5.10 Å². The smallest absolute Gasteiger partial charge is 0.193 e. The van der Waals surface area contributed by atoms with Crippen LogP contribution in [0.25, 0.3) is 0 Å². The lowest BCUT2D eigenvalue weighted by atomic mass is 9.93. The molecule has 2 aromatic heterocycles. The molecule has 2 unspecified atom stereocenters. The zero-order valence-corrected chi connectivity index (χ0v) is 17.3. The van der Waals surface area contributed by atoms with E-state index in [4.69, 9.17) is 0 Å². The van der Waals surface area contributed by atoms with Gasteiger partial charge in [0, 0.05) is 57.4 Å². The van der Waals surface area contributed by atoms with E-state index in [0.717, 1.165) is 44.9 Å². The predicted octanol–water partition coefficient (Wildman–Crippen LogP) is 2.40. The van der Waals surface area contributed by atoms with E-state index in [1.54, 1.807) is 0 Å². The van der Waals surface area contributed by atoms with Crippen molar-refractivity contribution in [3.05, 3.63) is 35.7 Å². The molecule has 1 aliphatic heterocycles. The third-order valence-electron chi connectivity index (χ3n) is 5.79. The van der Waals surface area contributed by atoms with Crippen LogP contribution in [0.3, 0.4) is 0 Å². The number of nitrogens with one attached hydrogen (secondary N) is 1. The summed E-state index contributed by atoms with van der Waals surface area (Å²) in [5.41, 5.74) is 3.81. The van der Waals surface area contributed by atoms with Crippen molar-refractivity contribution < 1.29 is 0 Å². The summed E-state index contributed by atoms with van der Waals surface area (Å²) in [6.45, 7) is 9.44. The second kappa shape index (κ2) is 8.59. The average molecular weight is 372 g/mol. The van der Waals surface area contributed by atoms with Crippen LogP contribution in [-0.2, 0) is 26.4 Å². The molecule has 2 atom stereocenters. The summed E-state index contributed by atoms with van der Waals surface area (Å²) in [6, 6.07) is 0.426. The molecule has 0 aromatic carbocycles. The molecule has 7 nitrogen and oxygen atoms in total. The Morgan fingerprint density at radius 3 is 2.78 bits per heavy atom. The summed E-state index contributed by atoms with van der Waals surface area (Å²) in [5.74, 6) is 1.60. The summed E-state index contributed by atoms with van der Waals surface area (Å²) in [7, 11) is 3.91. The van der Waals surface area contributed by atoms with Gasteiger partial charge in [0.1, 0.15) is 0 Å². The van der Waals surface area contributed by atoms with E-state index in [2.05, 4.69) is 56.8 Å². The molecule has 3 rings (SSSR count). The highest BCUT2D eigenvalue weighted by Gasteiger charge is 2.29. The molecule has 3 heterocycles. The molecule has 0 spiro atoms. The average Bonchev–Trinajstić information content (AvgIpc) is 3.31. The zero-order valence-electron chi connectivity index (χ0n) is 17.3. The lowest BCUT2D eigenvalue weighted by molar-refractivity contribution is 0.189. The fraction of sp³-hybridized carbons (Fsp3) is 0.650. The first-order chi connectivity index (χ1) is 13.1. The molecule has 27 heavy (non-hydrogen) atoms. The van der Waals surface area contributed by atoms with Crippen molar-refractivity contribution in [3.63, 3.8) is 0 Å². The Labute approximate surface area is 162 Å². The van der Waals surface area contributed by atoms with Crippen molar-refractivity contribution in [2.45, 2.75) is 52.6 Å². The second-order valence-corrected chi connectivity index (χ2v) is 7.39. The molecule has 0 aliphatic carbocycles. The maximum Gasteiger partial charge on any atom is 0.193 e. The van der Waals surface area contributed by atoms with Gasteiger partial charge in [0.15, 0.2) is 5.96 Å². The molecule has 1 aliphatic rings. The van der Waals surface area contributed by atoms with Crippen LogP contribution in [0.4, 0.5) is 0 Å². The number of rotatable bonds is 5. The minimum atomic E-state index is 0.426. The van der Waals surface area contributed by atoms with E-state index in [0.29, 0.717) is 12.0 Å². The van der Waals surface area contributed by atoms with Crippen molar-refractivity contribution in [1.29, 1.82) is 0 Å². The Balaban J connectivity index is 1.71. The Hall–Kier alpha value is -2.31. The number of hydrogen-bond acceptors (Lipinski definition) is 3. The molecule has 1 fully saturated rings. The van der Waals surface area contributed by atoms with Crippen LogP contribution in [0.2, 0.25) is 0 Å². The van der Waals surface area contributed by atoms with E-state index >= 15 is 0 Å². The van der Waals surface area contributed by atoms with Crippen molar-refractivity contribution in [2.75, 3.05) is 20.1 Å². The Kier molecular flexibility index (Phi) is 6.19. The number of guanidine groups is 1. The quantitative estimate of drug-likeness (QED) is 0.648. The van der Waals surface area contributed by atoms with Gasteiger partial charge in [-0.25, -0.2) is 4.98 Å². The molecule has 0 amide bonds. The molecule has 1 N–H and O–H groups in total. The minimum absolute atomic E-state index is 0.426. The lowest BCUT2D eigenvalue weighted by Gasteiger charge is -2.39. The third kappa shape index (κ3) is 4.01. The zero-order chi connectivity index (χ0) is 19.4. The number of hydrogen-bond donors (Lipinski definition) is 1. The topological polar surface area (TPSA) is 63.3 Å². The first kappa shape index (κ1) is 19.5. The normalized spacial score (nSPS) is 20.9. The number of nitrogens with zero attached hydrogens (tertiary/aromatic N) is 6. The van der Waals surface area contributed by atoms with E-state index in [1.807, 2.05) is 31.3 Å². The van der Waals surface area contributed by atoms with Crippen molar-refractivity contribution in [1.82, 2.24) is 29.5 Å². The standard InChI is InChI=1S/C20H33N7/c1-6-17-16(18(7-2)25(5)24-17)12-23-20(21-4)26-10-8-15(3)19(13-26)27-11-9-22-14-27/h9,11,14-15,19H,6-8,10,12-13H2,1-5H3,(H,21,23). The van der Waals surface area contributed by atoms with E-state index < -0.39 is 0 Å². The Morgan fingerprint density at radius 2 is 2.15 bits per heavy atom. The molecule has 0 radical (unpaired) electrons. The molecule has 0 saturated carbocycles. The Morgan fingerprint density at radius 1 is 1.33 bits per heavy atom. The van der Waals surface area contributed by atoms with Crippen LogP contribution < -0.4 is 5.32 Å². The van der Waals surface area contributed by atoms with Gasteiger partial charge >= 0.3 is 0 Å². The highest BCUT2D eigenvalue weighted by molar-refractivity contribution is 5.80. The number of likely N-dealkylation sites (tertiary alicyclic amines) is 1. The molecule has 7 heteroatoms. The Bertz CT molecular complexity index is 760. The first-order valence-electron chi connectivity index (χ1n) is 10.1. The molecule has 2 aromatic rings. The van der Waals surface area contributed by atoms with Crippen molar-refractivity contribution >= 4 is 5.96 Å². The van der Waals surface area contributed by atoms with Gasteiger partial charge < -0.3 is 14.8 Å². The van der Waals surface area contributed by atoms with Crippen LogP contribution in [0.5, 0.6) is 0 Å². The number of piperidine rings is 1. The van der Waals surface area contributed by atoms with Gasteiger partial charge in [-0.3, -0.25) is 9.67 Å². The van der Waals surface area contributed by atoms with Gasteiger partial charge in [-0.05, 0) is 25.2 Å². The minimum Gasteiger partial charge on any atom is -0.352 e. The van der Waals surface area contributed by atoms with E-state index in [1.165, 1.54) is 17.0 Å². The molecule has 0 bridgehead atoms. The van der Waals surface area contributed by atoms with Gasteiger partial charge in [-0.1, -0.05) is 20.8 Å². The SMILES string of the molecule is CCc1nn(C)c(CC)c1CNC(=NC)N1CCC(C)C(n2ccnc2)C1. The van der Waals surface area contributed by atoms with Crippen LogP contribution in [-0.4, -0.2) is 50.3 Å². The summed E-state index contributed by atoms with van der Waals surface area (Å²) >= 11 is 0. The monoisotopic (exact) mass is 371 g/mol. The molecule has 1 saturated heterocycles. The third-order valence-corrected chi connectivity index (χ3v) is 5.79.